The van der Waals surface area contributed by atoms with Gasteiger partial charge < -0.3 is 10.4 Å². The fourth-order valence-corrected chi connectivity index (χ4v) is 0.895. The van der Waals surface area contributed by atoms with E-state index in [4.69, 9.17) is 16.9 Å². The zero-order chi connectivity index (χ0) is 9.40. The number of nitrogens with one attached hydrogen (secondary N) is 2. The molecule has 3 N–H and O–H groups in total. The van der Waals surface area contributed by atoms with E-state index in [1.54, 1.807) is 0 Å². The normalized spacial score (nSPS) is 21.3. The average Bonchev–Trinajstić information content (AvgIpc) is 2.57. The van der Waals surface area contributed by atoms with E-state index in [1.807, 2.05) is 6.92 Å². The Hall–Kier alpha value is -0.320. The second kappa shape index (κ2) is 7.34. The van der Waals surface area contributed by atoms with Crippen molar-refractivity contribution in [3.63, 3.8) is 0 Å². The van der Waals surface area contributed by atoms with Gasteiger partial charge in [0.2, 0.25) is 0 Å². The van der Waals surface area contributed by atoms with Crippen LogP contribution in [0.15, 0.2) is 0 Å². The van der Waals surface area contributed by atoms with E-state index in [-0.39, 0.29) is 6.04 Å². The maximum atomic E-state index is 10.1. The predicted molar refractivity (Wildman–Crippen MR) is 48.2 cm³/mol. The van der Waals surface area contributed by atoms with Gasteiger partial charge in [0.25, 0.3) is 0 Å². The van der Waals surface area contributed by atoms with Gasteiger partial charge in [-0.3, -0.25) is 4.79 Å². The molecule has 1 heterocycles. The Labute approximate surface area is 77.4 Å². The molecule has 1 rings (SSSR count). The Balaban J connectivity index is 0.000000261. The van der Waals surface area contributed by atoms with Gasteiger partial charge in [-0.1, -0.05) is 6.92 Å². The summed E-state index contributed by atoms with van der Waals surface area (Å²) < 4.78 is 0. The van der Waals surface area contributed by atoms with Crippen molar-refractivity contribution >= 4 is 17.7 Å². The Bertz CT molecular complexity index is 125. The van der Waals surface area contributed by atoms with Crippen LogP contribution in [0.1, 0.15) is 19.8 Å². The fourth-order valence-electron chi connectivity index (χ4n) is 0.895. The fraction of sp³-hybridized carbons (Fsp3) is 0.857. The summed E-state index contributed by atoms with van der Waals surface area (Å²) in [4.78, 5) is 12.5. The summed E-state index contributed by atoms with van der Waals surface area (Å²) in [7, 11) is 0. The Morgan fingerprint density at radius 1 is 1.83 bits per heavy atom. The molecule has 0 radical (unpaired) electrons. The topological polar surface area (TPSA) is 61.4 Å². The standard InChI is InChI=1S/C5H9NO2.C2H6ClN/c7-5(8)4-2-1-3-6-4;1-2-4-3/h4,6H,1-3H2,(H,7,8);4H,2H2,1H3/t4-;/m0./s1. The van der Waals surface area contributed by atoms with Gasteiger partial charge in [-0.2, -0.15) is 0 Å². The van der Waals surface area contributed by atoms with Crippen molar-refractivity contribution in [2.75, 3.05) is 13.1 Å². The van der Waals surface area contributed by atoms with Gasteiger partial charge in [-0.15, -0.1) is 0 Å². The second-order valence-electron chi connectivity index (χ2n) is 2.47. The number of hydrogen-bond donors (Lipinski definition) is 3. The summed E-state index contributed by atoms with van der Waals surface area (Å²) >= 11 is 4.94. The monoisotopic (exact) mass is 194 g/mol. The zero-order valence-corrected chi connectivity index (χ0v) is 7.90. The maximum absolute atomic E-state index is 10.1. The number of carboxylic acid groups (broad SMARTS) is 1. The minimum atomic E-state index is -0.720. The Morgan fingerprint density at radius 3 is 2.58 bits per heavy atom. The number of carboxylic acids is 1. The van der Waals surface area contributed by atoms with Gasteiger partial charge in [0.15, 0.2) is 0 Å². The number of halogens is 1. The van der Waals surface area contributed by atoms with E-state index in [1.165, 1.54) is 0 Å². The highest BCUT2D eigenvalue weighted by atomic mass is 35.5. The molecule has 0 bridgehead atoms. The molecule has 4 nitrogen and oxygen atoms in total. The SMILES string of the molecule is CCNCl.O=C(O)[C@@H]1CCCN1. The molecule has 0 aromatic heterocycles. The third kappa shape index (κ3) is 5.35. The van der Waals surface area contributed by atoms with Gasteiger partial charge in [-0.25, -0.2) is 4.84 Å². The highest BCUT2D eigenvalue weighted by Crippen LogP contribution is 2.03. The van der Waals surface area contributed by atoms with Crippen LogP contribution in [0.3, 0.4) is 0 Å². The van der Waals surface area contributed by atoms with Crippen LogP contribution in [0.25, 0.3) is 0 Å². The highest BCUT2D eigenvalue weighted by molar-refractivity contribution is 6.13. The first-order valence-corrected chi connectivity index (χ1v) is 4.39. The number of carbonyl (C=O) groups is 1. The number of rotatable bonds is 2. The van der Waals surface area contributed by atoms with Crippen molar-refractivity contribution in [2.24, 2.45) is 0 Å². The minimum Gasteiger partial charge on any atom is -0.480 e. The molecular weight excluding hydrogens is 180 g/mol. The molecule has 0 amide bonds. The van der Waals surface area contributed by atoms with Crippen LogP contribution < -0.4 is 10.2 Å². The molecule has 0 aromatic carbocycles. The molecule has 5 heteroatoms. The molecule has 72 valence electrons. The third-order valence-electron chi connectivity index (χ3n) is 1.49. The lowest BCUT2D eigenvalue weighted by atomic mass is 10.2. The van der Waals surface area contributed by atoms with Crippen LogP contribution >= 0.6 is 11.8 Å². The maximum Gasteiger partial charge on any atom is 0.320 e. The van der Waals surface area contributed by atoms with Gasteiger partial charge in [0.05, 0.1) is 0 Å². The molecule has 1 saturated heterocycles. The van der Waals surface area contributed by atoms with Crippen LogP contribution in [0.4, 0.5) is 0 Å². The van der Waals surface area contributed by atoms with Crippen molar-refractivity contribution in [1.29, 1.82) is 0 Å². The largest absolute Gasteiger partial charge is 0.480 e. The zero-order valence-electron chi connectivity index (χ0n) is 7.14. The predicted octanol–water partition coefficient (Wildman–Crippen LogP) is 0.573. The molecule has 0 spiro atoms. The molecule has 12 heavy (non-hydrogen) atoms. The highest BCUT2D eigenvalue weighted by Gasteiger charge is 2.20. The van der Waals surface area contributed by atoms with E-state index in [2.05, 4.69) is 10.2 Å². The number of aliphatic carboxylic acids is 1. The van der Waals surface area contributed by atoms with Crippen molar-refractivity contribution < 1.29 is 9.90 Å². The van der Waals surface area contributed by atoms with Crippen LogP contribution in [-0.4, -0.2) is 30.2 Å². The van der Waals surface area contributed by atoms with E-state index >= 15 is 0 Å². The summed E-state index contributed by atoms with van der Waals surface area (Å²) in [6.45, 7) is 3.63. The van der Waals surface area contributed by atoms with E-state index in [0.717, 1.165) is 25.9 Å². The summed E-state index contributed by atoms with van der Waals surface area (Å²) in [5.41, 5.74) is 0. The first-order valence-electron chi connectivity index (χ1n) is 4.02. The van der Waals surface area contributed by atoms with Crippen molar-refractivity contribution in [3.8, 4) is 0 Å². The van der Waals surface area contributed by atoms with Crippen LogP contribution in [-0.2, 0) is 4.79 Å². The van der Waals surface area contributed by atoms with Gasteiger partial charge in [0.1, 0.15) is 6.04 Å². The lowest BCUT2D eigenvalue weighted by molar-refractivity contribution is -0.139. The van der Waals surface area contributed by atoms with Crippen molar-refractivity contribution in [1.82, 2.24) is 10.2 Å². The second-order valence-corrected chi connectivity index (χ2v) is 2.74. The quantitative estimate of drug-likeness (QED) is 0.563. The first kappa shape index (κ1) is 11.7. The first-order chi connectivity index (χ1) is 5.72. The van der Waals surface area contributed by atoms with Gasteiger partial charge in [-0.05, 0) is 31.2 Å². The van der Waals surface area contributed by atoms with E-state index in [0.29, 0.717) is 0 Å². The third-order valence-corrected chi connectivity index (χ3v) is 1.76. The molecule has 0 unspecified atom stereocenters. The summed E-state index contributed by atoms with van der Waals surface area (Å²) in [6, 6.07) is -0.269. The smallest absolute Gasteiger partial charge is 0.320 e. The van der Waals surface area contributed by atoms with Crippen LogP contribution in [0.2, 0.25) is 0 Å². The molecule has 0 aliphatic carbocycles. The average molecular weight is 195 g/mol. The number of hydrogen-bond acceptors (Lipinski definition) is 3. The Kier molecular flexibility index (Phi) is 7.14. The molecule has 0 saturated carbocycles. The van der Waals surface area contributed by atoms with Gasteiger partial charge >= 0.3 is 5.97 Å². The van der Waals surface area contributed by atoms with E-state index < -0.39 is 5.97 Å². The molecule has 1 atom stereocenters. The molecule has 1 aliphatic rings. The molecule has 1 fully saturated rings. The van der Waals surface area contributed by atoms with Crippen LogP contribution in [0, 0.1) is 0 Å². The van der Waals surface area contributed by atoms with E-state index in [9.17, 15) is 4.79 Å². The molecule has 1 aliphatic heterocycles. The van der Waals surface area contributed by atoms with Crippen LogP contribution in [0.5, 0.6) is 0 Å². The summed E-state index contributed by atoms with van der Waals surface area (Å²) in [6.07, 6.45) is 1.78. The van der Waals surface area contributed by atoms with Gasteiger partial charge in [0, 0.05) is 6.54 Å². The van der Waals surface area contributed by atoms with Crippen molar-refractivity contribution in [2.45, 2.75) is 25.8 Å². The molecule has 0 aromatic rings. The lowest BCUT2D eigenvalue weighted by Gasteiger charge is -1.99. The minimum absolute atomic E-state index is 0.269. The lowest BCUT2D eigenvalue weighted by Crippen LogP contribution is -2.29. The summed E-state index contributed by atoms with van der Waals surface area (Å²) in [5.74, 6) is -0.720. The summed E-state index contributed by atoms with van der Waals surface area (Å²) in [5, 5.41) is 11.2. The Morgan fingerprint density at radius 2 is 2.42 bits per heavy atom. The van der Waals surface area contributed by atoms with Crippen molar-refractivity contribution in [3.05, 3.63) is 0 Å². The molecular formula is C7H15ClN2O2.